The molecule has 1 saturated carbocycles. The molecule has 0 spiro atoms. The van der Waals surface area contributed by atoms with E-state index < -0.39 is 16.9 Å². The van der Waals surface area contributed by atoms with Crippen LogP contribution in [0.1, 0.15) is 31.7 Å². The molecule has 0 aromatic heterocycles. The average molecular weight is 372 g/mol. The van der Waals surface area contributed by atoms with Gasteiger partial charge in [0.05, 0.1) is 32.7 Å². The molecular weight excluding hydrogens is 344 g/mol. The van der Waals surface area contributed by atoms with Gasteiger partial charge < -0.3 is 19.3 Å². The monoisotopic (exact) mass is 372 g/mol. The maximum Gasteiger partial charge on any atom is 0.160 e. The molecule has 2 aliphatic carbocycles. The third-order valence-corrected chi connectivity index (χ3v) is 6.44. The van der Waals surface area contributed by atoms with Crippen molar-refractivity contribution in [3.05, 3.63) is 48.3 Å². The van der Waals surface area contributed by atoms with Crippen molar-refractivity contribution in [3.8, 4) is 11.5 Å². The number of hydrogen-bond donors (Lipinski definition) is 1. The highest BCUT2D eigenvalue weighted by molar-refractivity contribution is 5.96. The number of ether oxygens (including phenoxy) is 3. The van der Waals surface area contributed by atoms with Crippen LogP contribution in [0.25, 0.3) is 0 Å². The molecule has 0 aliphatic heterocycles. The van der Waals surface area contributed by atoms with Gasteiger partial charge in [-0.05, 0) is 43.0 Å². The molecule has 1 fully saturated rings. The lowest BCUT2D eigenvalue weighted by atomic mass is 9.69. The van der Waals surface area contributed by atoms with Gasteiger partial charge >= 0.3 is 0 Å². The Bertz CT molecular complexity index is 794. The quantitative estimate of drug-likeness (QED) is 0.775. The van der Waals surface area contributed by atoms with Gasteiger partial charge in [0, 0.05) is 5.92 Å². The number of carbonyl (C=O) groups is 1. The highest BCUT2D eigenvalue weighted by Gasteiger charge is 2.66. The molecule has 5 nitrogen and oxygen atoms in total. The predicted molar refractivity (Wildman–Crippen MR) is 103 cm³/mol. The van der Waals surface area contributed by atoms with Gasteiger partial charge in [0.1, 0.15) is 11.4 Å². The Morgan fingerprint density at radius 2 is 1.85 bits per heavy atom. The molecule has 5 atom stereocenters. The van der Waals surface area contributed by atoms with Gasteiger partial charge in [0.15, 0.2) is 17.3 Å². The Hall–Kier alpha value is -2.27. The first-order valence-electron chi connectivity index (χ1n) is 9.15. The Morgan fingerprint density at radius 1 is 1.19 bits per heavy atom. The molecule has 5 heteroatoms. The standard InChI is InChI=1S/C22H28O5/c1-7-10-22-12-17(27-6)21(3,24)19(20(22)23)18(13(22)2)14-8-9-15(25-4)16(11-14)26-5/h7-9,11-13,18-19,24H,1,10H2,2-6H3/t13-,18-,19+,21+,22+/m1/s1. The Balaban J connectivity index is 2.19. The summed E-state index contributed by atoms with van der Waals surface area (Å²) in [5.41, 5.74) is -1.16. The Labute approximate surface area is 160 Å². The fourth-order valence-corrected chi connectivity index (χ4v) is 5.02. The van der Waals surface area contributed by atoms with Gasteiger partial charge in [-0.3, -0.25) is 4.79 Å². The zero-order chi connectivity index (χ0) is 20.0. The van der Waals surface area contributed by atoms with Crippen molar-refractivity contribution < 1.29 is 24.1 Å². The number of benzene rings is 1. The van der Waals surface area contributed by atoms with Crippen LogP contribution in [0, 0.1) is 17.3 Å². The fraction of sp³-hybridized carbons (Fsp3) is 0.500. The minimum Gasteiger partial charge on any atom is -0.498 e. The minimum atomic E-state index is -1.38. The lowest BCUT2D eigenvalue weighted by molar-refractivity contribution is -0.137. The maximum absolute atomic E-state index is 13.5. The largest absolute Gasteiger partial charge is 0.498 e. The van der Waals surface area contributed by atoms with Crippen LogP contribution in [-0.2, 0) is 9.53 Å². The summed E-state index contributed by atoms with van der Waals surface area (Å²) >= 11 is 0. The minimum absolute atomic E-state index is 0.0368. The Morgan fingerprint density at radius 3 is 2.41 bits per heavy atom. The molecule has 0 amide bonds. The fourth-order valence-electron chi connectivity index (χ4n) is 5.02. The van der Waals surface area contributed by atoms with Crippen LogP contribution in [0.5, 0.6) is 11.5 Å². The van der Waals surface area contributed by atoms with E-state index >= 15 is 0 Å². The van der Waals surface area contributed by atoms with Crippen LogP contribution in [0.2, 0.25) is 0 Å². The van der Waals surface area contributed by atoms with Crippen LogP contribution in [0.3, 0.4) is 0 Å². The summed E-state index contributed by atoms with van der Waals surface area (Å²) in [4.78, 5) is 13.5. The third kappa shape index (κ3) is 2.59. The van der Waals surface area contributed by atoms with Gasteiger partial charge in [-0.1, -0.05) is 19.1 Å². The van der Waals surface area contributed by atoms with E-state index in [1.807, 2.05) is 24.3 Å². The van der Waals surface area contributed by atoms with E-state index in [1.54, 1.807) is 27.2 Å². The summed E-state index contributed by atoms with van der Waals surface area (Å²) in [6, 6.07) is 5.69. The van der Waals surface area contributed by atoms with Gasteiger partial charge in [-0.2, -0.15) is 0 Å². The number of rotatable bonds is 6. The van der Waals surface area contributed by atoms with Gasteiger partial charge in [-0.15, -0.1) is 6.58 Å². The highest BCUT2D eigenvalue weighted by Crippen LogP contribution is 2.62. The summed E-state index contributed by atoms with van der Waals surface area (Å²) in [5, 5.41) is 11.3. The van der Waals surface area contributed by atoms with E-state index in [4.69, 9.17) is 14.2 Å². The number of fused-ring (bicyclic) bond motifs is 2. The van der Waals surface area contributed by atoms with E-state index in [0.29, 0.717) is 23.7 Å². The smallest absolute Gasteiger partial charge is 0.160 e. The first-order chi connectivity index (χ1) is 12.8. The second-order valence-corrected chi connectivity index (χ2v) is 7.66. The van der Waals surface area contributed by atoms with Gasteiger partial charge in [0.2, 0.25) is 0 Å². The molecule has 3 rings (SSSR count). The van der Waals surface area contributed by atoms with Crippen molar-refractivity contribution in [2.24, 2.45) is 17.3 Å². The first-order valence-corrected chi connectivity index (χ1v) is 9.15. The number of carbonyl (C=O) groups excluding carboxylic acids is 1. The molecule has 146 valence electrons. The van der Waals surface area contributed by atoms with Crippen molar-refractivity contribution in [1.29, 1.82) is 0 Å². The van der Waals surface area contributed by atoms with E-state index in [0.717, 1.165) is 5.56 Å². The number of methoxy groups -OCH3 is 3. The molecule has 27 heavy (non-hydrogen) atoms. The normalized spacial score (nSPS) is 34.8. The van der Waals surface area contributed by atoms with Gasteiger partial charge in [-0.25, -0.2) is 0 Å². The van der Waals surface area contributed by atoms with Crippen LogP contribution in [-0.4, -0.2) is 37.8 Å². The number of ketones is 1. The predicted octanol–water partition coefficient (Wildman–Crippen LogP) is 3.48. The van der Waals surface area contributed by atoms with Crippen LogP contribution < -0.4 is 9.47 Å². The first kappa shape index (κ1) is 19.5. The zero-order valence-corrected chi connectivity index (χ0v) is 16.6. The Kier molecular flexibility index (Phi) is 4.85. The van der Waals surface area contributed by atoms with Crippen LogP contribution in [0.4, 0.5) is 0 Å². The van der Waals surface area contributed by atoms with Crippen LogP contribution in [0.15, 0.2) is 42.7 Å². The summed E-state index contributed by atoms with van der Waals surface area (Å²) in [6.07, 6.45) is 4.10. The summed E-state index contributed by atoms with van der Waals surface area (Å²) in [6.45, 7) is 7.57. The number of hydrogen-bond acceptors (Lipinski definition) is 5. The molecule has 0 saturated heterocycles. The van der Waals surface area contributed by atoms with E-state index in [-0.39, 0.29) is 17.6 Å². The second kappa shape index (κ2) is 6.71. The van der Waals surface area contributed by atoms with Crippen LogP contribution >= 0.6 is 0 Å². The van der Waals surface area contributed by atoms with E-state index in [1.165, 1.54) is 7.11 Å². The zero-order valence-electron chi connectivity index (χ0n) is 16.6. The van der Waals surface area contributed by atoms with Crippen molar-refractivity contribution in [1.82, 2.24) is 0 Å². The number of allylic oxidation sites excluding steroid dienone is 2. The average Bonchev–Trinajstić information content (AvgIpc) is 2.83. The number of aliphatic hydroxyl groups is 1. The maximum atomic E-state index is 13.5. The number of Topliss-reactive ketones (excluding diaryl/α,β-unsaturated/α-hetero) is 1. The molecule has 2 bridgehead atoms. The lowest BCUT2D eigenvalue weighted by Gasteiger charge is -2.39. The molecule has 2 aliphatic rings. The summed E-state index contributed by atoms with van der Waals surface area (Å²) in [7, 11) is 4.71. The third-order valence-electron chi connectivity index (χ3n) is 6.44. The molecular formula is C22H28O5. The van der Waals surface area contributed by atoms with Crippen molar-refractivity contribution in [2.45, 2.75) is 31.8 Å². The lowest BCUT2D eigenvalue weighted by Crippen LogP contribution is -2.48. The van der Waals surface area contributed by atoms with Crippen molar-refractivity contribution in [3.63, 3.8) is 0 Å². The second-order valence-electron chi connectivity index (χ2n) is 7.66. The summed E-state index contributed by atoms with van der Waals surface area (Å²) in [5.74, 6) is 0.897. The SMILES string of the molecule is C=CC[C@@]12C=C(OC)[C@](C)(O)[C@H](C1=O)[C@@H](c1ccc(OC)c(OC)c1)[C@H]2C. The van der Waals surface area contributed by atoms with E-state index in [9.17, 15) is 9.90 Å². The molecule has 1 N–H and O–H groups in total. The summed E-state index contributed by atoms with van der Waals surface area (Å²) < 4.78 is 16.3. The highest BCUT2D eigenvalue weighted by atomic mass is 16.5. The van der Waals surface area contributed by atoms with Crippen molar-refractivity contribution >= 4 is 5.78 Å². The molecule has 0 unspecified atom stereocenters. The molecule has 0 radical (unpaired) electrons. The van der Waals surface area contributed by atoms with Crippen molar-refractivity contribution in [2.75, 3.05) is 21.3 Å². The molecule has 1 aromatic rings. The molecule has 0 heterocycles. The van der Waals surface area contributed by atoms with Gasteiger partial charge in [0.25, 0.3) is 0 Å². The molecule has 1 aromatic carbocycles. The topological polar surface area (TPSA) is 65.0 Å². The van der Waals surface area contributed by atoms with E-state index in [2.05, 4.69) is 13.5 Å².